The van der Waals surface area contributed by atoms with Crippen LogP contribution in [0.4, 0.5) is 0 Å². The second-order valence-corrected chi connectivity index (χ2v) is 8.33. The summed E-state index contributed by atoms with van der Waals surface area (Å²) in [4.78, 5) is 35.8. The predicted octanol–water partition coefficient (Wildman–Crippen LogP) is 0.330. The van der Waals surface area contributed by atoms with Gasteiger partial charge < -0.3 is 19.5 Å². The molecule has 1 saturated heterocycles. The van der Waals surface area contributed by atoms with Gasteiger partial charge in [0.05, 0.1) is 36.9 Å². The summed E-state index contributed by atoms with van der Waals surface area (Å²) in [6.45, 7) is 1.47. The van der Waals surface area contributed by atoms with Crippen LogP contribution in [0, 0.1) is 0 Å². The van der Waals surface area contributed by atoms with Crippen molar-refractivity contribution in [1.82, 2.24) is 5.32 Å². The van der Waals surface area contributed by atoms with E-state index in [1.807, 2.05) is 0 Å². The molecule has 1 heterocycles. The molecule has 9 nitrogen and oxygen atoms in total. The van der Waals surface area contributed by atoms with Crippen molar-refractivity contribution in [1.29, 1.82) is 0 Å². The van der Waals surface area contributed by atoms with Gasteiger partial charge >= 0.3 is 11.9 Å². The van der Waals surface area contributed by atoms with Gasteiger partial charge in [-0.2, -0.15) is 0 Å². The highest BCUT2D eigenvalue weighted by atomic mass is 32.2. The molecule has 0 aromatic heterocycles. The molecule has 148 valence electrons. The fourth-order valence-electron chi connectivity index (χ4n) is 2.62. The van der Waals surface area contributed by atoms with Crippen molar-refractivity contribution >= 4 is 27.7 Å². The number of carbonyl (C=O) groups excluding carboxylic acids is 3. The summed E-state index contributed by atoms with van der Waals surface area (Å²) in [5.41, 5.74) is 0.120. The molecule has 0 spiro atoms. The van der Waals surface area contributed by atoms with E-state index in [4.69, 9.17) is 4.74 Å². The Morgan fingerprint density at radius 2 is 1.63 bits per heavy atom. The van der Waals surface area contributed by atoms with Crippen LogP contribution in [-0.4, -0.2) is 64.1 Å². The molecule has 0 aliphatic carbocycles. The summed E-state index contributed by atoms with van der Waals surface area (Å²) in [6.07, 6.45) is -0.628. The van der Waals surface area contributed by atoms with Gasteiger partial charge in [-0.3, -0.25) is 4.79 Å². The minimum Gasteiger partial charge on any atom is -0.481 e. The van der Waals surface area contributed by atoms with Crippen LogP contribution in [0.25, 0.3) is 0 Å². The van der Waals surface area contributed by atoms with E-state index in [1.54, 1.807) is 0 Å². The fourth-order valence-corrected chi connectivity index (χ4v) is 4.30. The maximum atomic E-state index is 12.3. The van der Waals surface area contributed by atoms with Crippen LogP contribution in [0.5, 0.6) is 5.75 Å². The van der Waals surface area contributed by atoms with Crippen LogP contribution >= 0.6 is 0 Å². The maximum Gasteiger partial charge on any atom is 0.338 e. The van der Waals surface area contributed by atoms with Gasteiger partial charge in [0.1, 0.15) is 5.75 Å². The molecule has 0 saturated carbocycles. The van der Waals surface area contributed by atoms with E-state index in [0.717, 1.165) is 0 Å². The Kier molecular flexibility index (Phi) is 6.42. The normalized spacial score (nSPS) is 19.0. The van der Waals surface area contributed by atoms with Crippen LogP contribution in [0.1, 0.15) is 34.1 Å². The van der Waals surface area contributed by atoms with Gasteiger partial charge in [0.2, 0.25) is 0 Å². The van der Waals surface area contributed by atoms with Crippen molar-refractivity contribution in [3.8, 4) is 5.75 Å². The van der Waals surface area contributed by atoms with Gasteiger partial charge in [-0.25, -0.2) is 18.0 Å². The Hall–Kier alpha value is -2.62. The molecular formula is C17H21NO8S. The third-order valence-corrected chi connectivity index (χ3v) is 5.78. The van der Waals surface area contributed by atoms with Crippen LogP contribution in [0.3, 0.4) is 0 Å². The summed E-state index contributed by atoms with van der Waals surface area (Å²) in [7, 11) is -0.732. The number of hydrogen-bond donors (Lipinski definition) is 1. The summed E-state index contributed by atoms with van der Waals surface area (Å²) in [5.74, 6) is -1.83. The van der Waals surface area contributed by atoms with Crippen molar-refractivity contribution in [2.24, 2.45) is 0 Å². The van der Waals surface area contributed by atoms with Crippen LogP contribution in [0.2, 0.25) is 0 Å². The largest absolute Gasteiger partial charge is 0.481 e. The summed E-state index contributed by atoms with van der Waals surface area (Å²) in [5, 5.41) is 2.63. The molecule has 1 aromatic carbocycles. The fraction of sp³-hybridized carbons (Fsp3) is 0.471. The lowest BCUT2D eigenvalue weighted by molar-refractivity contribution is -0.127. The van der Waals surface area contributed by atoms with E-state index in [9.17, 15) is 22.8 Å². The van der Waals surface area contributed by atoms with Crippen LogP contribution in [0.15, 0.2) is 18.2 Å². The van der Waals surface area contributed by atoms with Gasteiger partial charge in [-0.15, -0.1) is 0 Å². The third-order valence-electron chi connectivity index (χ3n) is 4.01. The molecule has 1 N–H and O–H groups in total. The first kappa shape index (κ1) is 20.7. The average Bonchev–Trinajstić information content (AvgIpc) is 2.98. The quantitative estimate of drug-likeness (QED) is 0.679. The van der Waals surface area contributed by atoms with Gasteiger partial charge in [0.15, 0.2) is 15.9 Å². The standard InChI is InChI=1S/C17H21NO8S/c1-10(15(19)18-13-4-5-27(22,23)9-13)26-14-7-11(16(20)24-2)6-12(8-14)17(21)25-3/h6-8,10,13H,4-5,9H2,1-3H3,(H,18,19)/t10-,13-/m0/s1. The molecule has 2 rings (SSSR count). The highest BCUT2D eigenvalue weighted by molar-refractivity contribution is 7.91. The zero-order valence-corrected chi connectivity index (χ0v) is 16.0. The highest BCUT2D eigenvalue weighted by Gasteiger charge is 2.30. The number of hydrogen-bond acceptors (Lipinski definition) is 8. The zero-order valence-electron chi connectivity index (χ0n) is 15.2. The van der Waals surface area contributed by atoms with E-state index in [-0.39, 0.29) is 28.4 Å². The Morgan fingerprint density at radius 1 is 1.07 bits per heavy atom. The van der Waals surface area contributed by atoms with Gasteiger partial charge in [0, 0.05) is 6.04 Å². The van der Waals surface area contributed by atoms with E-state index < -0.39 is 39.8 Å². The van der Waals surface area contributed by atoms with Crippen molar-refractivity contribution in [2.45, 2.75) is 25.5 Å². The van der Waals surface area contributed by atoms with E-state index in [2.05, 4.69) is 14.8 Å². The number of nitrogens with one attached hydrogen (secondary N) is 1. The third kappa shape index (κ3) is 5.43. The number of amides is 1. The summed E-state index contributed by atoms with van der Waals surface area (Å²) in [6, 6.07) is 3.50. The Bertz CT molecular complexity index is 814. The highest BCUT2D eigenvalue weighted by Crippen LogP contribution is 2.20. The molecule has 0 unspecified atom stereocenters. The molecule has 0 radical (unpaired) electrons. The first-order chi connectivity index (χ1) is 12.6. The van der Waals surface area contributed by atoms with Crippen molar-refractivity contribution in [3.05, 3.63) is 29.3 Å². The molecule has 1 aromatic rings. The smallest absolute Gasteiger partial charge is 0.338 e. The van der Waals surface area contributed by atoms with E-state index >= 15 is 0 Å². The second kappa shape index (κ2) is 8.38. The first-order valence-corrected chi connectivity index (χ1v) is 9.96. The number of sulfone groups is 1. The molecule has 0 bridgehead atoms. The number of esters is 2. The Morgan fingerprint density at radius 3 is 2.07 bits per heavy atom. The van der Waals surface area contributed by atoms with E-state index in [0.29, 0.717) is 6.42 Å². The molecule has 2 atom stereocenters. The minimum absolute atomic E-state index is 0.0385. The van der Waals surface area contributed by atoms with Crippen molar-refractivity contribution in [2.75, 3.05) is 25.7 Å². The number of methoxy groups -OCH3 is 2. The molecule has 10 heteroatoms. The lowest BCUT2D eigenvalue weighted by Crippen LogP contribution is -2.43. The summed E-state index contributed by atoms with van der Waals surface area (Å²) < 4.78 is 37.8. The second-order valence-electron chi connectivity index (χ2n) is 6.10. The molecule has 1 amide bonds. The molecular weight excluding hydrogens is 378 g/mol. The van der Waals surface area contributed by atoms with Gasteiger partial charge in [-0.05, 0) is 31.5 Å². The van der Waals surface area contributed by atoms with Gasteiger partial charge in [0.25, 0.3) is 5.91 Å². The average molecular weight is 399 g/mol. The SMILES string of the molecule is COC(=O)c1cc(O[C@@H](C)C(=O)N[C@H]2CCS(=O)(=O)C2)cc(C(=O)OC)c1. The monoisotopic (exact) mass is 399 g/mol. The molecule has 1 fully saturated rings. The molecule has 1 aliphatic heterocycles. The van der Waals surface area contributed by atoms with Crippen LogP contribution < -0.4 is 10.1 Å². The van der Waals surface area contributed by atoms with Crippen LogP contribution in [-0.2, 0) is 24.1 Å². The molecule has 1 aliphatic rings. The van der Waals surface area contributed by atoms with E-state index in [1.165, 1.54) is 39.3 Å². The summed E-state index contributed by atoms with van der Waals surface area (Å²) >= 11 is 0. The molecule has 27 heavy (non-hydrogen) atoms. The number of benzene rings is 1. The number of rotatable bonds is 6. The topological polar surface area (TPSA) is 125 Å². The Labute approximate surface area is 156 Å². The Balaban J connectivity index is 2.13. The minimum atomic E-state index is -3.12. The maximum absolute atomic E-state index is 12.3. The number of ether oxygens (including phenoxy) is 3. The van der Waals surface area contributed by atoms with Crippen molar-refractivity contribution < 1.29 is 37.0 Å². The lowest BCUT2D eigenvalue weighted by Gasteiger charge is -2.18. The zero-order chi connectivity index (χ0) is 20.2. The first-order valence-electron chi connectivity index (χ1n) is 8.14. The van der Waals surface area contributed by atoms with Gasteiger partial charge in [-0.1, -0.05) is 0 Å². The number of carbonyl (C=O) groups is 3. The van der Waals surface area contributed by atoms with Crippen molar-refractivity contribution in [3.63, 3.8) is 0 Å². The predicted molar refractivity (Wildman–Crippen MR) is 94.4 cm³/mol. The lowest BCUT2D eigenvalue weighted by atomic mass is 10.1.